The number of fused-ring (bicyclic) bond motifs is 1. The van der Waals surface area contributed by atoms with Crippen molar-refractivity contribution in [2.24, 2.45) is 0 Å². The van der Waals surface area contributed by atoms with Crippen LogP contribution >= 0.6 is 27.5 Å². The molecule has 0 bridgehead atoms. The third-order valence-corrected chi connectivity index (χ3v) is 6.06. The molecule has 132 valence electrons. The van der Waals surface area contributed by atoms with Gasteiger partial charge in [0.25, 0.3) is 0 Å². The van der Waals surface area contributed by atoms with Gasteiger partial charge in [0.05, 0.1) is 12.1 Å². The molecular formula is C14H15BrClNO7. The molecule has 2 heterocycles. The van der Waals surface area contributed by atoms with Crippen LogP contribution in [0.3, 0.4) is 0 Å². The predicted octanol–water partition coefficient (Wildman–Crippen LogP) is -0.288. The van der Waals surface area contributed by atoms with Gasteiger partial charge in [0, 0.05) is 11.6 Å². The average molecular weight is 425 g/mol. The number of para-hydroxylation sites is 1. The van der Waals surface area contributed by atoms with Crippen LogP contribution in [0.15, 0.2) is 30.5 Å². The minimum absolute atomic E-state index is 0.220. The molecule has 5 atom stereocenters. The molecule has 0 spiro atoms. The van der Waals surface area contributed by atoms with E-state index in [0.717, 1.165) is 10.8 Å². The molecule has 8 nitrogen and oxygen atoms in total. The molecule has 1 aliphatic heterocycles. The maximum Gasteiger partial charge on any atom is 0.231 e. The normalized spacial score (nSPS) is 40.1. The van der Waals surface area contributed by atoms with Crippen molar-refractivity contribution < 1.29 is 35.4 Å². The third kappa shape index (κ3) is 2.07. The van der Waals surface area contributed by atoms with Gasteiger partial charge in [-0.1, -0.05) is 23.7 Å². The summed E-state index contributed by atoms with van der Waals surface area (Å²) in [5.74, 6) is -0.246. The molecule has 0 saturated carbocycles. The van der Waals surface area contributed by atoms with E-state index in [0.29, 0.717) is 5.39 Å². The van der Waals surface area contributed by atoms with E-state index in [1.165, 1.54) is 6.07 Å². The van der Waals surface area contributed by atoms with E-state index < -0.39 is 34.3 Å². The lowest BCUT2D eigenvalue weighted by Gasteiger charge is -2.55. The summed E-state index contributed by atoms with van der Waals surface area (Å²) < 4.78 is 3.67. The Kier molecular flexibility index (Phi) is 4.14. The van der Waals surface area contributed by atoms with E-state index in [1.807, 2.05) is 0 Å². The Balaban J connectivity index is 2.32. The largest absolute Gasteiger partial charge is 0.506 e. The number of aliphatic hydroxyl groups excluding tert-OH is 3. The van der Waals surface area contributed by atoms with Crippen LogP contribution in [-0.4, -0.2) is 63.8 Å². The lowest BCUT2D eigenvalue weighted by atomic mass is 9.90. The summed E-state index contributed by atoms with van der Waals surface area (Å²) in [5, 5.41) is 59.1. The zero-order chi connectivity index (χ0) is 17.9. The van der Waals surface area contributed by atoms with Crippen LogP contribution in [0.5, 0.6) is 5.75 Å². The molecule has 24 heavy (non-hydrogen) atoms. The summed E-state index contributed by atoms with van der Waals surface area (Å²) in [6.45, 7) is -0.940. The minimum atomic E-state index is -2.83. The molecule has 0 amide bonds. The highest BCUT2D eigenvalue weighted by molar-refractivity contribution is 9.10. The van der Waals surface area contributed by atoms with Crippen LogP contribution in [0, 0.1) is 0 Å². The summed E-state index contributed by atoms with van der Waals surface area (Å²) in [7, 11) is 0. The first-order valence-corrected chi connectivity index (χ1v) is 8.04. The maximum absolute atomic E-state index is 11.1. The second kappa shape index (κ2) is 5.55. The molecule has 6 N–H and O–H groups in total. The highest BCUT2D eigenvalue weighted by atomic mass is 79.9. The van der Waals surface area contributed by atoms with Gasteiger partial charge in [-0.3, -0.25) is 0 Å². The molecule has 2 aromatic rings. The van der Waals surface area contributed by atoms with Gasteiger partial charge >= 0.3 is 0 Å². The number of halogens is 2. The Morgan fingerprint density at radius 1 is 1.25 bits per heavy atom. The van der Waals surface area contributed by atoms with Gasteiger partial charge in [-0.05, 0) is 28.1 Å². The Bertz CT molecular complexity index is 784. The molecule has 1 aliphatic rings. The predicted molar refractivity (Wildman–Crippen MR) is 86.4 cm³/mol. The number of hydrogen-bond acceptors (Lipinski definition) is 7. The Hall–Kier alpha value is -0.910. The van der Waals surface area contributed by atoms with E-state index in [4.69, 9.17) is 16.3 Å². The fourth-order valence-corrected chi connectivity index (χ4v) is 3.68. The number of benzene rings is 1. The summed E-state index contributed by atoms with van der Waals surface area (Å²) >= 11 is 8.96. The summed E-state index contributed by atoms with van der Waals surface area (Å²) in [5.41, 5.74) is -2.54. The average Bonchev–Trinajstić information content (AvgIpc) is 2.89. The fraction of sp³-hybridized carbons (Fsp3) is 0.429. The number of aromatic nitrogens is 1. The second-order valence-corrected chi connectivity index (χ2v) is 7.42. The molecule has 0 radical (unpaired) electrons. The molecular weight excluding hydrogens is 410 g/mol. The van der Waals surface area contributed by atoms with Crippen LogP contribution in [0.1, 0.15) is 0 Å². The molecule has 1 aromatic carbocycles. The molecule has 0 unspecified atom stereocenters. The molecule has 10 heteroatoms. The van der Waals surface area contributed by atoms with Gasteiger partial charge in [-0.2, -0.15) is 0 Å². The zero-order valence-electron chi connectivity index (χ0n) is 12.0. The van der Waals surface area contributed by atoms with E-state index in [-0.39, 0.29) is 11.3 Å². The maximum atomic E-state index is 11.1. The Morgan fingerprint density at radius 2 is 1.88 bits per heavy atom. The van der Waals surface area contributed by atoms with E-state index in [1.54, 1.807) is 18.2 Å². The van der Waals surface area contributed by atoms with Gasteiger partial charge in [-0.25, -0.2) is 0 Å². The van der Waals surface area contributed by atoms with Crippen LogP contribution < -0.4 is 0 Å². The number of hydrogen-bond donors (Lipinski definition) is 6. The number of aliphatic hydroxyl groups is 5. The highest BCUT2D eigenvalue weighted by Gasteiger charge is 2.72. The van der Waals surface area contributed by atoms with Crippen LogP contribution in [0.2, 0.25) is 0 Å². The second-order valence-electron chi connectivity index (χ2n) is 5.59. The van der Waals surface area contributed by atoms with Crippen molar-refractivity contribution in [3.8, 4) is 5.75 Å². The number of rotatable bonds is 2. The van der Waals surface area contributed by atoms with E-state index >= 15 is 0 Å². The molecule has 1 fully saturated rings. The van der Waals surface area contributed by atoms with Gasteiger partial charge < -0.3 is 39.9 Å². The van der Waals surface area contributed by atoms with Gasteiger partial charge in [0.2, 0.25) is 10.8 Å². The first-order chi connectivity index (χ1) is 11.1. The highest BCUT2D eigenvalue weighted by Crippen LogP contribution is 2.53. The first-order valence-electron chi connectivity index (χ1n) is 6.87. The summed E-state index contributed by atoms with van der Waals surface area (Å²) in [6, 6.07) is 6.29. The lowest BCUT2D eigenvalue weighted by molar-refractivity contribution is -0.368. The van der Waals surface area contributed by atoms with Crippen molar-refractivity contribution in [3.05, 3.63) is 30.5 Å². The summed E-state index contributed by atoms with van der Waals surface area (Å²) in [4.78, 5) is 0. The van der Waals surface area contributed by atoms with Crippen molar-refractivity contribution in [1.29, 1.82) is 0 Å². The van der Waals surface area contributed by atoms with Crippen molar-refractivity contribution in [3.63, 3.8) is 0 Å². The van der Waals surface area contributed by atoms with Crippen molar-refractivity contribution >= 4 is 38.4 Å². The van der Waals surface area contributed by atoms with E-state index in [2.05, 4.69) is 15.9 Å². The summed E-state index contributed by atoms with van der Waals surface area (Å²) in [6.07, 6.45) is -3.05. The zero-order valence-corrected chi connectivity index (χ0v) is 14.4. The van der Waals surface area contributed by atoms with Gasteiger partial charge in [0.15, 0.2) is 16.9 Å². The smallest absolute Gasteiger partial charge is 0.231 e. The van der Waals surface area contributed by atoms with Crippen LogP contribution in [0.4, 0.5) is 0 Å². The number of aromatic hydroxyl groups is 1. The monoisotopic (exact) mass is 423 g/mol. The standard InChI is InChI=1S/C14H15BrClNO7/c15-12(6-18)14(16,23)13(22,10(20)11(21)24-12)17-5-9(19)7-3-1-2-4-8(7)17/h1-5,10-11,18-23H,6H2/t10-,11+,12+,13+,14-/m0/s1. The molecule has 1 aromatic heterocycles. The van der Waals surface area contributed by atoms with Crippen LogP contribution in [-0.2, 0) is 10.5 Å². The number of nitrogens with zero attached hydrogens (tertiary/aromatic N) is 1. The third-order valence-electron chi connectivity index (χ3n) is 4.23. The SMILES string of the molecule is OC[C@@]1(Br)O[C@@H](O)[C@H](O)[C@](O)(n2cc(O)c3ccccc32)[C@]1(O)Cl. The molecule has 3 rings (SSSR count). The Morgan fingerprint density at radius 3 is 2.50 bits per heavy atom. The van der Waals surface area contributed by atoms with E-state index in [9.17, 15) is 30.6 Å². The van der Waals surface area contributed by atoms with Crippen molar-refractivity contribution in [2.45, 2.75) is 27.7 Å². The van der Waals surface area contributed by atoms with Gasteiger partial charge in [-0.15, -0.1) is 0 Å². The minimum Gasteiger partial charge on any atom is -0.506 e. The topological polar surface area (TPSA) is 136 Å². The quantitative estimate of drug-likeness (QED) is 0.365. The van der Waals surface area contributed by atoms with Crippen molar-refractivity contribution in [1.82, 2.24) is 4.57 Å². The number of ether oxygens (including phenoxy) is 1. The Labute approximate surface area is 149 Å². The fourth-order valence-electron chi connectivity index (χ4n) is 2.89. The number of alkyl halides is 2. The lowest BCUT2D eigenvalue weighted by Crippen LogP contribution is -2.76. The first kappa shape index (κ1) is 17.9. The molecule has 0 aliphatic carbocycles. The van der Waals surface area contributed by atoms with Crippen LogP contribution in [0.25, 0.3) is 10.9 Å². The van der Waals surface area contributed by atoms with Gasteiger partial charge in [0.1, 0.15) is 5.75 Å². The van der Waals surface area contributed by atoms with Crippen molar-refractivity contribution in [2.75, 3.05) is 6.61 Å². The molecule has 1 saturated heterocycles.